The minimum atomic E-state index is -3.30. The number of aryl methyl sites for hydroxylation is 1. The van der Waals surface area contributed by atoms with E-state index in [2.05, 4.69) is 62.0 Å². The van der Waals surface area contributed by atoms with E-state index >= 15 is 0 Å². The van der Waals surface area contributed by atoms with Gasteiger partial charge < -0.3 is 9.88 Å². The molecular formula is C23H23N5O2S. The number of hydrogen-bond donors (Lipinski definition) is 2. The van der Waals surface area contributed by atoms with E-state index in [1.807, 2.05) is 12.1 Å². The summed E-state index contributed by atoms with van der Waals surface area (Å²) in [7, 11) is -1.21. The summed E-state index contributed by atoms with van der Waals surface area (Å²) in [5, 5.41) is 0.961. The average Bonchev–Trinajstić information content (AvgIpc) is 3.37. The van der Waals surface area contributed by atoms with Crippen molar-refractivity contribution in [2.24, 2.45) is 0 Å². The Morgan fingerprint density at radius 3 is 2.65 bits per heavy atom. The van der Waals surface area contributed by atoms with Crippen LogP contribution in [0, 0.1) is 0 Å². The normalized spacial score (nSPS) is 15.7. The molecule has 31 heavy (non-hydrogen) atoms. The van der Waals surface area contributed by atoms with Crippen molar-refractivity contribution in [1.29, 1.82) is 0 Å². The molecule has 0 bridgehead atoms. The minimum absolute atomic E-state index is 0.286. The summed E-state index contributed by atoms with van der Waals surface area (Å²) in [4.78, 5) is 14.6. The highest BCUT2D eigenvalue weighted by Crippen LogP contribution is 2.39. The van der Waals surface area contributed by atoms with Crippen LogP contribution in [0.1, 0.15) is 23.6 Å². The van der Waals surface area contributed by atoms with Crippen molar-refractivity contribution in [1.82, 2.24) is 15.0 Å². The summed E-state index contributed by atoms with van der Waals surface area (Å²) in [6.07, 6.45) is 4.87. The second-order valence-corrected chi connectivity index (χ2v) is 9.71. The van der Waals surface area contributed by atoms with Crippen molar-refractivity contribution in [3.8, 4) is 11.3 Å². The monoisotopic (exact) mass is 433 g/mol. The first-order valence-electron chi connectivity index (χ1n) is 10.1. The minimum Gasteiger partial charge on any atom is -0.352 e. The lowest BCUT2D eigenvalue weighted by Gasteiger charge is -2.26. The highest BCUT2D eigenvalue weighted by molar-refractivity contribution is 7.92. The molecule has 7 nitrogen and oxygen atoms in total. The molecule has 1 atom stereocenters. The Kier molecular flexibility index (Phi) is 4.66. The SMILES string of the molecule is CN(c1ncnc2[nH]c(-c3ccc(NS(C)(=O)=O)cc3)cc12)C1CCc2ccccc21. The topological polar surface area (TPSA) is 91.0 Å². The van der Waals surface area contributed by atoms with E-state index in [1.54, 1.807) is 18.5 Å². The number of aromatic amines is 1. The summed E-state index contributed by atoms with van der Waals surface area (Å²) in [5.74, 6) is 0.893. The van der Waals surface area contributed by atoms with Crippen LogP contribution >= 0.6 is 0 Å². The third-order valence-electron chi connectivity index (χ3n) is 5.81. The molecule has 5 rings (SSSR count). The van der Waals surface area contributed by atoms with Gasteiger partial charge in [0.2, 0.25) is 10.0 Å². The lowest BCUT2D eigenvalue weighted by molar-refractivity contribution is 0.607. The van der Waals surface area contributed by atoms with Gasteiger partial charge in [0.05, 0.1) is 17.7 Å². The Morgan fingerprint density at radius 1 is 1.10 bits per heavy atom. The summed E-state index contributed by atoms with van der Waals surface area (Å²) in [6, 6.07) is 18.2. The van der Waals surface area contributed by atoms with E-state index in [-0.39, 0.29) is 6.04 Å². The molecule has 2 N–H and O–H groups in total. The lowest BCUT2D eigenvalue weighted by Crippen LogP contribution is -2.23. The van der Waals surface area contributed by atoms with Gasteiger partial charge in [0.1, 0.15) is 17.8 Å². The second-order valence-electron chi connectivity index (χ2n) is 7.96. The fourth-order valence-electron chi connectivity index (χ4n) is 4.38. The Morgan fingerprint density at radius 2 is 1.87 bits per heavy atom. The molecule has 4 aromatic rings. The van der Waals surface area contributed by atoms with Gasteiger partial charge in [0.15, 0.2) is 0 Å². The first kappa shape index (κ1) is 19.6. The molecule has 0 amide bonds. The van der Waals surface area contributed by atoms with Crippen molar-refractivity contribution in [3.63, 3.8) is 0 Å². The summed E-state index contributed by atoms with van der Waals surface area (Å²) in [6.45, 7) is 0. The van der Waals surface area contributed by atoms with Gasteiger partial charge in [-0.2, -0.15) is 0 Å². The van der Waals surface area contributed by atoms with Gasteiger partial charge in [-0.3, -0.25) is 4.72 Å². The Bertz CT molecular complexity index is 1360. The van der Waals surface area contributed by atoms with Crippen molar-refractivity contribution in [3.05, 3.63) is 72.1 Å². The van der Waals surface area contributed by atoms with E-state index in [0.29, 0.717) is 5.69 Å². The number of anilines is 2. The molecule has 0 aliphatic heterocycles. The van der Waals surface area contributed by atoms with Crippen LogP contribution in [0.3, 0.4) is 0 Å². The molecule has 2 aromatic heterocycles. The van der Waals surface area contributed by atoms with Gasteiger partial charge in [-0.1, -0.05) is 36.4 Å². The average molecular weight is 434 g/mol. The highest BCUT2D eigenvalue weighted by atomic mass is 32.2. The standard InChI is InChI=1S/C23H23N5O2S/c1-28(21-12-9-15-5-3-4-6-18(15)21)23-19-13-20(26-22(19)24-14-25-23)16-7-10-17(11-8-16)27-31(2,29)30/h3-8,10-11,13-14,21,27H,9,12H2,1-2H3,(H,24,25,26). The third kappa shape index (κ3) is 3.74. The number of rotatable bonds is 5. The molecule has 1 unspecified atom stereocenters. The number of fused-ring (bicyclic) bond motifs is 2. The first-order valence-corrected chi connectivity index (χ1v) is 12.0. The van der Waals surface area contributed by atoms with Crippen molar-refractivity contribution >= 4 is 32.6 Å². The van der Waals surface area contributed by atoms with Crippen molar-refractivity contribution < 1.29 is 8.42 Å². The third-order valence-corrected chi connectivity index (χ3v) is 6.41. The van der Waals surface area contributed by atoms with Crippen LogP contribution in [0.4, 0.5) is 11.5 Å². The van der Waals surface area contributed by atoms with Crippen LogP contribution in [0.2, 0.25) is 0 Å². The molecule has 0 radical (unpaired) electrons. The number of H-pyrrole nitrogens is 1. The predicted octanol–water partition coefficient (Wildman–Crippen LogP) is 4.12. The van der Waals surface area contributed by atoms with Crippen LogP contribution in [0.25, 0.3) is 22.3 Å². The number of hydrogen-bond acceptors (Lipinski definition) is 5. The maximum absolute atomic E-state index is 11.4. The van der Waals surface area contributed by atoms with Crippen LogP contribution < -0.4 is 9.62 Å². The highest BCUT2D eigenvalue weighted by Gasteiger charge is 2.27. The quantitative estimate of drug-likeness (QED) is 0.494. The fraction of sp³-hybridized carbons (Fsp3) is 0.217. The smallest absolute Gasteiger partial charge is 0.229 e. The van der Waals surface area contributed by atoms with E-state index < -0.39 is 10.0 Å². The molecule has 0 spiro atoms. The largest absolute Gasteiger partial charge is 0.352 e. The van der Waals surface area contributed by atoms with Gasteiger partial charge >= 0.3 is 0 Å². The zero-order chi connectivity index (χ0) is 21.6. The first-order chi connectivity index (χ1) is 14.9. The van der Waals surface area contributed by atoms with Gasteiger partial charge in [-0.15, -0.1) is 0 Å². The molecule has 2 heterocycles. The molecule has 0 saturated carbocycles. The van der Waals surface area contributed by atoms with Crippen LogP contribution in [0.5, 0.6) is 0 Å². The predicted molar refractivity (Wildman–Crippen MR) is 124 cm³/mol. The Labute approximate surface area is 181 Å². The summed E-state index contributed by atoms with van der Waals surface area (Å²) < 4.78 is 25.3. The number of aromatic nitrogens is 3. The molecule has 2 aromatic carbocycles. The van der Waals surface area contributed by atoms with Gasteiger partial charge in [0.25, 0.3) is 0 Å². The maximum atomic E-state index is 11.4. The zero-order valence-corrected chi connectivity index (χ0v) is 18.1. The van der Waals surface area contributed by atoms with Crippen LogP contribution in [-0.4, -0.2) is 36.7 Å². The molecule has 1 aliphatic rings. The Hall–Kier alpha value is -3.39. The van der Waals surface area contributed by atoms with Crippen molar-refractivity contribution in [2.45, 2.75) is 18.9 Å². The molecule has 8 heteroatoms. The summed E-state index contributed by atoms with van der Waals surface area (Å²) >= 11 is 0. The number of benzene rings is 2. The number of nitrogens with zero attached hydrogens (tertiary/aromatic N) is 3. The van der Waals surface area contributed by atoms with Crippen LogP contribution in [-0.2, 0) is 16.4 Å². The van der Waals surface area contributed by atoms with Gasteiger partial charge in [0, 0.05) is 18.4 Å². The number of sulfonamides is 1. The van der Waals surface area contributed by atoms with E-state index in [0.717, 1.165) is 47.2 Å². The summed E-state index contributed by atoms with van der Waals surface area (Å²) in [5.41, 5.74) is 5.92. The molecule has 1 aliphatic carbocycles. The van der Waals surface area contributed by atoms with E-state index in [1.165, 1.54) is 11.1 Å². The number of nitrogens with one attached hydrogen (secondary N) is 2. The Balaban J connectivity index is 1.48. The van der Waals surface area contributed by atoms with Gasteiger partial charge in [-0.05, 0) is 47.7 Å². The van der Waals surface area contributed by atoms with E-state index in [4.69, 9.17) is 0 Å². The van der Waals surface area contributed by atoms with Gasteiger partial charge in [-0.25, -0.2) is 18.4 Å². The second kappa shape index (κ2) is 7.39. The molecule has 0 saturated heterocycles. The van der Waals surface area contributed by atoms with Crippen molar-refractivity contribution in [2.75, 3.05) is 22.9 Å². The van der Waals surface area contributed by atoms with E-state index in [9.17, 15) is 8.42 Å². The molecule has 0 fully saturated rings. The molecule has 158 valence electrons. The van der Waals surface area contributed by atoms with Crippen LogP contribution in [0.15, 0.2) is 60.9 Å². The fourth-order valence-corrected chi connectivity index (χ4v) is 4.94. The maximum Gasteiger partial charge on any atom is 0.229 e. The lowest BCUT2D eigenvalue weighted by atomic mass is 10.1. The zero-order valence-electron chi connectivity index (χ0n) is 17.3. The molecular weight excluding hydrogens is 410 g/mol.